The number of nitrogens with zero attached hydrogens (tertiary/aromatic N) is 3. The van der Waals surface area contributed by atoms with E-state index in [9.17, 15) is 4.79 Å². The summed E-state index contributed by atoms with van der Waals surface area (Å²) in [5.74, 6) is 1.59. The number of aromatic nitrogens is 3. The van der Waals surface area contributed by atoms with Gasteiger partial charge in [-0.3, -0.25) is 9.36 Å². The average Bonchev–Trinajstić information content (AvgIpc) is 3.35. The van der Waals surface area contributed by atoms with Crippen molar-refractivity contribution in [3.63, 3.8) is 0 Å². The third-order valence-corrected chi connectivity index (χ3v) is 5.68. The van der Waals surface area contributed by atoms with E-state index in [1.807, 2.05) is 79.9 Å². The number of thioether (sulfide) groups is 1. The molecule has 2 aromatic carbocycles. The molecular weight excluding hydrogens is 396 g/mol. The smallest absolute Gasteiger partial charge is 0.234 e. The highest BCUT2D eigenvalue weighted by Gasteiger charge is 2.19. The second-order valence-electron chi connectivity index (χ2n) is 7.02. The third-order valence-electron chi connectivity index (χ3n) is 4.75. The van der Waals surface area contributed by atoms with E-state index >= 15 is 0 Å². The van der Waals surface area contributed by atoms with E-state index in [1.165, 1.54) is 11.8 Å². The van der Waals surface area contributed by atoms with E-state index in [0.717, 1.165) is 33.8 Å². The van der Waals surface area contributed by atoms with E-state index in [2.05, 4.69) is 15.5 Å². The van der Waals surface area contributed by atoms with Gasteiger partial charge in [0.2, 0.25) is 5.91 Å². The van der Waals surface area contributed by atoms with Gasteiger partial charge in [-0.05, 0) is 56.2 Å². The lowest BCUT2D eigenvalue weighted by Crippen LogP contribution is -2.15. The monoisotopic (exact) mass is 418 g/mol. The molecule has 1 N–H and O–H groups in total. The van der Waals surface area contributed by atoms with Crippen LogP contribution in [0.2, 0.25) is 0 Å². The number of carbonyl (C=O) groups is 1. The number of furan rings is 1. The number of benzene rings is 2. The van der Waals surface area contributed by atoms with Gasteiger partial charge in [0, 0.05) is 11.4 Å². The van der Waals surface area contributed by atoms with Crippen LogP contribution in [0, 0.1) is 20.8 Å². The van der Waals surface area contributed by atoms with Gasteiger partial charge in [0.05, 0.1) is 17.6 Å². The highest BCUT2D eigenvalue weighted by Crippen LogP contribution is 2.30. The minimum absolute atomic E-state index is 0.0858. The molecule has 0 radical (unpaired) electrons. The highest BCUT2D eigenvalue weighted by atomic mass is 32.2. The molecule has 0 fully saturated rings. The predicted octanol–water partition coefficient (Wildman–Crippen LogP) is 5.18. The molecular formula is C23H22N4O2S. The Kier molecular flexibility index (Phi) is 5.72. The van der Waals surface area contributed by atoms with Crippen LogP contribution in [0.1, 0.15) is 16.9 Å². The normalized spacial score (nSPS) is 10.9. The third kappa shape index (κ3) is 4.16. The van der Waals surface area contributed by atoms with Gasteiger partial charge >= 0.3 is 0 Å². The average molecular weight is 419 g/mol. The lowest BCUT2D eigenvalue weighted by Gasteiger charge is -2.11. The first-order chi connectivity index (χ1) is 14.5. The van der Waals surface area contributed by atoms with E-state index in [-0.39, 0.29) is 11.7 Å². The molecule has 0 aliphatic carbocycles. The topological polar surface area (TPSA) is 73.0 Å². The summed E-state index contributed by atoms with van der Waals surface area (Å²) in [4.78, 5) is 12.6. The van der Waals surface area contributed by atoms with Crippen LogP contribution in [0.5, 0.6) is 0 Å². The molecule has 7 heteroatoms. The first-order valence-corrected chi connectivity index (χ1v) is 10.6. The van der Waals surface area contributed by atoms with Crippen LogP contribution in [-0.4, -0.2) is 26.4 Å². The van der Waals surface area contributed by atoms with E-state index in [1.54, 1.807) is 6.26 Å². The van der Waals surface area contributed by atoms with Crippen LogP contribution in [0.25, 0.3) is 17.1 Å². The van der Waals surface area contributed by atoms with Crippen molar-refractivity contribution in [3.8, 4) is 17.1 Å². The number of rotatable bonds is 6. The van der Waals surface area contributed by atoms with Crippen LogP contribution in [0.4, 0.5) is 5.69 Å². The van der Waals surface area contributed by atoms with Crippen molar-refractivity contribution in [2.75, 3.05) is 11.1 Å². The molecule has 0 bridgehead atoms. The highest BCUT2D eigenvalue weighted by molar-refractivity contribution is 7.99. The van der Waals surface area contributed by atoms with E-state index < -0.39 is 0 Å². The van der Waals surface area contributed by atoms with Gasteiger partial charge in [-0.2, -0.15) is 0 Å². The Labute approximate surface area is 179 Å². The minimum atomic E-state index is -0.0858. The van der Waals surface area contributed by atoms with Crippen molar-refractivity contribution in [1.29, 1.82) is 0 Å². The lowest BCUT2D eigenvalue weighted by molar-refractivity contribution is -0.113. The molecule has 0 unspecified atom stereocenters. The molecule has 0 saturated heterocycles. The van der Waals surface area contributed by atoms with E-state index in [4.69, 9.17) is 4.42 Å². The lowest BCUT2D eigenvalue weighted by atomic mass is 10.1. The van der Waals surface area contributed by atoms with Crippen LogP contribution in [0.3, 0.4) is 0 Å². The summed E-state index contributed by atoms with van der Waals surface area (Å²) in [7, 11) is 0. The molecule has 0 aliphatic heterocycles. The molecule has 4 rings (SSSR count). The number of nitrogens with one attached hydrogen (secondary N) is 1. The molecule has 0 spiro atoms. The van der Waals surface area contributed by atoms with Crippen molar-refractivity contribution in [1.82, 2.24) is 14.8 Å². The van der Waals surface area contributed by atoms with Crippen LogP contribution in [0.15, 0.2) is 70.4 Å². The number of carbonyl (C=O) groups excluding carboxylic acids is 1. The molecule has 4 aromatic rings. The number of hydrogen-bond donors (Lipinski definition) is 1. The van der Waals surface area contributed by atoms with Crippen LogP contribution in [-0.2, 0) is 4.79 Å². The molecule has 152 valence electrons. The fourth-order valence-corrected chi connectivity index (χ4v) is 3.90. The summed E-state index contributed by atoms with van der Waals surface area (Å²) in [6, 6.07) is 17.7. The van der Waals surface area contributed by atoms with Crippen LogP contribution >= 0.6 is 11.8 Å². The summed E-state index contributed by atoms with van der Waals surface area (Å²) in [5.41, 5.74) is 4.77. The van der Waals surface area contributed by atoms with Crippen molar-refractivity contribution in [2.45, 2.75) is 25.9 Å². The van der Waals surface area contributed by atoms with Gasteiger partial charge < -0.3 is 9.73 Å². The Bertz CT molecular complexity index is 1180. The Morgan fingerprint density at radius 3 is 2.60 bits per heavy atom. The molecule has 6 nitrogen and oxygen atoms in total. The fourth-order valence-electron chi connectivity index (χ4n) is 3.15. The molecule has 1 amide bonds. The van der Waals surface area contributed by atoms with Crippen molar-refractivity contribution in [2.24, 2.45) is 0 Å². The Balaban J connectivity index is 1.59. The SMILES string of the molecule is Cc1ccc(C)c(NC(=O)CSc2nnc(-c3ccoc3C)n2-c2ccccc2)c1. The molecule has 0 saturated carbocycles. The van der Waals surface area contributed by atoms with Gasteiger partial charge in [-0.15, -0.1) is 10.2 Å². The number of aryl methyl sites for hydroxylation is 3. The molecule has 0 atom stereocenters. The summed E-state index contributed by atoms with van der Waals surface area (Å²) in [5, 5.41) is 12.4. The van der Waals surface area contributed by atoms with Crippen molar-refractivity contribution < 1.29 is 9.21 Å². The zero-order chi connectivity index (χ0) is 21.1. The summed E-state index contributed by atoms with van der Waals surface area (Å²) in [6.45, 7) is 5.88. The Hall–Kier alpha value is -3.32. The number of hydrogen-bond acceptors (Lipinski definition) is 5. The Morgan fingerprint density at radius 1 is 1.07 bits per heavy atom. The first-order valence-electron chi connectivity index (χ1n) is 9.58. The molecule has 2 heterocycles. The molecule has 0 aliphatic rings. The number of para-hydroxylation sites is 1. The maximum absolute atomic E-state index is 12.6. The zero-order valence-corrected chi connectivity index (χ0v) is 17.9. The summed E-state index contributed by atoms with van der Waals surface area (Å²) < 4.78 is 7.40. The van der Waals surface area contributed by atoms with Gasteiger partial charge in [0.1, 0.15) is 5.76 Å². The van der Waals surface area contributed by atoms with Gasteiger partial charge in [-0.25, -0.2) is 0 Å². The molecule has 2 aromatic heterocycles. The Morgan fingerprint density at radius 2 is 1.87 bits per heavy atom. The van der Waals surface area contributed by atoms with Crippen molar-refractivity contribution in [3.05, 3.63) is 77.7 Å². The largest absolute Gasteiger partial charge is 0.469 e. The number of amides is 1. The van der Waals surface area contributed by atoms with E-state index in [0.29, 0.717) is 11.0 Å². The summed E-state index contributed by atoms with van der Waals surface area (Å²) >= 11 is 1.35. The van der Waals surface area contributed by atoms with Crippen molar-refractivity contribution >= 4 is 23.4 Å². The zero-order valence-electron chi connectivity index (χ0n) is 17.0. The maximum atomic E-state index is 12.6. The quantitative estimate of drug-likeness (QED) is 0.437. The second-order valence-corrected chi connectivity index (χ2v) is 7.97. The standard InChI is InChI=1S/C23H22N4O2S/c1-15-9-10-16(2)20(13-15)24-21(28)14-30-23-26-25-22(19-11-12-29-17(19)3)27(23)18-7-5-4-6-8-18/h4-13H,14H2,1-3H3,(H,24,28). The number of anilines is 1. The molecule has 30 heavy (non-hydrogen) atoms. The van der Waals surface area contributed by atoms with Gasteiger partial charge in [0.25, 0.3) is 0 Å². The van der Waals surface area contributed by atoms with Crippen LogP contribution < -0.4 is 5.32 Å². The maximum Gasteiger partial charge on any atom is 0.234 e. The van der Waals surface area contributed by atoms with Gasteiger partial charge in [-0.1, -0.05) is 42.1 Å². The second kappa shape index (κ2) is 8.59. The summed E-state index contributed by atoms with van der Waals surface area (Å²) in [6.07, 6.45) is 1.64. The fraction of sp³-hybridized carbons (Fsp3) is 0.174. The first kappa shape index (κ1) is 20.0. The minimum Gasteiger partial charge on any atom is -0.469 e. The van der Waals surface area contributed by atoms with Gasteiger partial charge in [0.15, 0.2) is 11.0 Å². The predicted molar refractivity (Wildman–Crippen MR) is 119 cm³/mol.